The zero-order valence-corrected chi connectivity index (χ0v) is 15.9. The summed E-state index contributed by atoms with van der Waals surface area (Å²) in [6.07, 6.45) is 0. The second-order valence-corrected chi connectivity index (χ2v) is 9.62. The van der Waals surface area contributed by atoms with Crippen molar-refractivity contribution in [2.45, 2.75) is 50.3 Å². The molecule has 24 heavy (non-hydrogen) atoms. The molecule has 0 atom stereocenters. The van der Waals surface area contributed by atoms with E-state index >= 15 is 0 Å². The molecular formula is C20H27NO2S. The van der Waals surface area contributed by atoms with E-state index < -0.39 is 10.0 Å². The van der Waals surface area contributed by atoms with Crippen LogP contribution in [0.25, 0.3) is 0 Å². The summed E-state index contributed by atoms with van der Waals surface area (Å²) in [6.45, 7) is 10.7. The van der Waals surface area contributed by atoms with Gasteiger partial charge in [0.15, 0.2) is 0 Å². The minimum absolute atomic E-state index is 0.00498. The first-order chi connectivity index (χ1) is 11.0. The van der Waals surface area contributed by atoms with Gasteiger partial charge in [-0.1, -0.05) is 77.1 Å². The van der Waals surface area contributed by atoms with Gasteiger partial charge in [-0.05, 0) is 28.7 Å². The van der Waals surface area contributed by atoms with Crippen molar-refractivity contribution in [2.75, 3.05) is 6.54 Å². The summed E-state index contributed by atoms with van der Waals surface area (Å²) >= 11 is 0. The van der Waals surface area contributed by atoms with Gasteiger partial charge in [-0.15, -0.1) is 0 Å². The number of rotatable bonds is 5. The van der Waals surface area contributed by atoms with Crippen LogP contribution in [-0.4, -0.2) is 15.0 Å². The topological polar surface area (TPSA) is 46.2 Å². The molecule has 0 saturated heterocycles. The van der Waals surface area contributed by atoms with Crippen molar-refractivity contribution >= 4 is 10.0 Å². The van der Waals surface area contributed by atoms with Crippen LogP contribution in [0.3, 0.4) is 0 Å². The molecule has 0 spiro atoms. The number of nitrogens with one attached hydrogen (secondary N) is 1. The molecule has 2 rings (SSSR count). The first-order valence-corrected chi connectivity index (χ1v) is 9.66. The van der Waals surface area contributed by atoms with Gasteiger partial charge in [-0.3, -0.25) is 0 Å². The Hall–Kier alpha value is -1.65. The average Bonchev–Trinajstić information content (AvgIpc) is 2.53. The molecule has 0 bridgehead atoms. The lowest BCUT2D eigenvalue weighted by Crippen LogP contribution is -2.36. The van der Waals surface area contributed by atoms with E-state index in [-0.39, 0.29) is 10.8 Å². The molecule has 1 N–H and O–H groups in total. The summed E-state index contributed by atoms with van der Waals surface area (Å²) in [5.41, 5.74) is 1.95. The minimum atomic E-state index is -3.51. The van der Waals surface area contributed by atoms with Crippen LogP contribution in [0.5, 0.6) is 0 Å². The van der Waals surface area contributed by atoms with E-state index in [1.807, 2.05) is 56.3 Å². The van der Waals surface area contributed by atoms with Gasteiger partial charge in [-0.25, -0.2) is 13.1 Å². The van der Waals surface area contributed by atoms with Crippen molar-refractivity contribution in [2.24, 2.45) is 0 Å². The number of hydrogen-bond acceptors (Lipinski definition) is 2. The third kappa shape index (κ3) is 4.46. The Morgan fingerprint density at radius 2 is 1.33 bits per heavy atom. The van der Waals surface area contributed by atoms with Crippen LogP contribution in [-0.2, 0) is 20.9 Å². The molecule has 130 valence electrons. The summed E-state index contributed by atoms with van der Waals surface area (Å²) in [7, 11) is -3.51. The lowest BCUT2D eigenvalue weighted by atomic mass is 9.85. The quantitative estimate of drug-likeness (QED) is 0.881. The molecule has 4 heteroatoms. The molecule has 3 nitrogen and oxygen atoms in total. The summed E-state index contributed by atoms with van der Waals surface area (Å²) in [5.74, 6) is 0. The molecule has 2 aromatic carbocycles. The van der Waals surface area contributed by atoms with Crippen molar-refractivity contribution < 1.29 is 8.42 Å². The highest BCUT2D eigenvalue weighted by Gasteiger charge is 2.24. The van der Waals surface area contributed by atoms with Gasteiger partial charge >= 0.3 is 0 Å². The molecular weight excluding hydrogens is 318 g/mol. The fourth-order valence-electron chi connectivity index (χ4n) is 2.48. The van der Waals surface area contributed by atoms with Crippen LogP contribution in [0.4, 0.5) is 0 Å². The highest BCUT2D eigenvalue weighted by atomic mass is 32.2. The van der Waals surface area contributed by atoms with Crippen LogP contribution in [0.2, 0.25) is 0 Å². The van der Waals surface area contributed by atoms with E-state index in [1.165, 1.54) is 0 Å². The van der Waals surface area contributed by atoms with Gasteiger partial charge < -0.3 is 0 Å². The Morgan fingerprint density at radius 1 is 0.792 bits per heavy atom. The molecule has 0 unspecified atom stereocenters. The van der Waals surface area contributed by atoms with Crippen molar-refractivity contribution in [3.63, 3.8) is 0 Å². The van der Waals surface area contributed by atoms with Gasteiger partial charge in [0.05, 0.1) is 4.90 Å². The largest absolute Gasteiger partial charge is 0.240 e. The van der Waals surface area contributed by atoms with E-state index in [1.54, 1.807) is 12.1 Å². The van der Waals surface area contributed by atoms with Gasteiger partial charge in [0.2, 0.25) is 10.0 Å². The van der Waals surface area contributed by atoms with Crippen LogP contribution in [0.1, 0.15) is 45.7 Å². The Kier molecular flexibility index (Phi) is 5.21. The maximum Gasteiger partial charge on any atom is 0.240 e. The van der Waals surface area contributed by atoms with E-state index in [0.717, 1.165) is 11.1 Å². The van der Waals surface area contributed by atoms with E-state index in [2.05, 4.69) is 25.5 Å². The Morgan fingerprint density at radius 3 is 1.83 bits per heavy atom. The number of hydrogen-bond donors (Lipinski definition) is 1. The molecule has 0 amide bonds. The van der Waals surface area contributed by atoms with Gasteiger partial charge in [-0.2, -0.15) is 0 Å². The van der Waals surface area contributed by atoms with Gasteiger partial charge in [0, 0.05) is 12.0 Å². The van der Waals surface area contributed by atoms with Gasteiger partial charge in [0.1, 0.15) is 0 Å². The molecule has 0 heterocycles. The van der Waals surface area contributed by atoms with Crippen LogP contribution in [0, 0.1) is 0 Å². The SMILES string of the molecule is CC(C)(C)c1ccc(S(=O)(=O)NCC(C)(C)c2ccccc2)cc1. The molecule has 0 aliphatic rings. The van der Waals surface area contributed by atoms with Crippen LogP contribution < -0.4 is 4.72 Å². The lowest BCUT2D eigenvalue weighted by molar-refractivity contribution is 0.501. The molecule has 0 radical (unpaired) electrons. The maximum absolute atomic E-state index is 12.6. The summed E-state index contributed by atoms with van der Waals surface area (Å²) in [4.78, 5) is 0.305. The van der Waals surface area contributed by atoms with Gasteiger partial charge in [0.25, 0.3) is 0 Å². The molecule has 0 aliphatic carbocycles. The third-order valence-electron chi connectivity index (χ3n) is 4.29. The standard InChI is InChI=1S/C20H27NO2S/c1-19(2,3)16-11-13-18(14-12-16)24(22,23)21-15-20(4,5)17-9-7-6-8-10-17/h6-14,21H,15H2,1-5H3. The third-order valence-corrected chi connectivity index (χ3v) is 5.71. The zero-order chi connectivity index (χ0) is 18.0. The molecule has 0 aromatic heterocycles. The molecule has 0 aliphatic heterocycles. The van der Waals surface area contributed by atoms with Crippen molar-refractivity contribution in [1.82, 2.24) is 4.72 Å². The predicted octanol–water partition coefficient (Wildman–Crippen LogP) is 4.24. The first-order valence-electron chi connectivity index (χ1n) is 8.18. The van der Waals surface area contributed by atoms with E-state index in [0.29, 0.717) is 11.4 Å². The fraction of sp³-hybridized carbons (Fsp3) is 0.400. The molecule has 0 saturated carbocycles. The fourth-order valence-corrected chi connectivity index (χ4v) is 3.70. The van der Waals surface area contributed by atoms with Crippen molar-refractivity contribution in [3.8, 4) is 0 Å². The number of benzene rings is 2. The van der Waals surface area contributed by atoms with E-state index in [9.17, 15) is 8.42 Å². The molecule has 2 aromatic rings. The Balaban J connectivity index is 2.14. The monoisotopic (exact) mass is 345 g/mol. The minimum Gasteiger partial charge on any atom is -0.210 e. The Labute approximate surface area is 146 Å². The second kappa shape index (κ2) is 6.69. The predicted molar refractivity (Wildman–Crippen MR) is 99.8 cm³/mol. The smallest absolute Gasteiger partial charge is 0.210 e. The highest BCUT2D eigenvalue weighted by molar-refractivity contribution is 7.89. The maximum atomic E-state index is 12.6. The summed E-state index contributed by atoms with van der Waals surface area (Å²) < 4.78 is 27.9. The number of sulfonamides is 1. The van der Waals surface area contributed by atoms with E-state index in [4.69, 9.17) is 0 Å². The highest BCUT2D eigenvalue weighted by Crippen LogP contribution is 2.25. The summed E-state index contributed by atoms with van der Waals surface area (Å²) in [5, 5.41) is 0. The lowest BCUT2D eigenvalue weighted by Gasteiger charge is -2.25. The van der Waals surface area contributed by atoms with Crippen LogP contribution in [0.15, 0.2) is 59.5 Å². The zero-order valence-electron chi connectivity index (χ0n) is 15.1. The normalized spacial score (nSPS) is 13.0. The summed E-state index contributed by atoms with van der Waals surface area (Å²) in [6, 6.07) is 17.1. The Bertz CT molecular complexity index is 771. The first kappa shape index (κ1) is 18.7. The van der Waals surface area contributed by atoms with Crippen molar-refractivity contribution in [3.05, 3.63) is 65.7 Å². The average molecular weight is 346 g/mol. The molecule has 0 fully saturated rings. The van der Waals surface area contributed by atoms with Crippen molar-refractivity contribution in [1.29, 1.82) is 0 Å². The van der Waals surface area contributed by atoms with Crippen LogP contribution >= 0.6 is 0 Å². The second-order valence-electron chi connectivity index (χ2n) is 7.85.